The number of nitrogens with zero attached hydrogens (tertiary/aromatic N) is 2. The molecule has 3 nitrogen and oxygen atoms in total. The minimum Gasteiger partial charge on any atom is -0.314 e. The summed E-state index contributed by atoms with van der Waals surface area (Å²) in [6, 6.07) is 13.9. The molecule has 0 bridgehead atoms. The second-order valence-corrected chi connectivity index (χ2v) is 5.60. The van der Waals surface area contributed by atoms with Gasteiger partial charge in [-0.1, -0.05) is 24.3 Å². The highest BCUT2D eigenvalue weighted by atomic mass is 79.9. The van der Waals surface area contributed by atoms with E-state index >= 15 is 0 Å². The molecule has 4 heteroatoms. The second-order valence-electron chi connectivity index (χ2n) is 4.74. The van der Waals surface area contributed by atoms with E-state index in [1.807, 2.05) is 43.3 Å². The van der Waals surface area contributed by atoms with Crippen LogP contribution in [-0.4, -0.2) is 9.55 Å². The SMILES string of the molecule is Cc1c(-c2ccc3ccccc3n2)cc(Br)c(=O)n1C. The highest BCUT2D eigenvalue weighted by Gasteiger charge is 2.10. The Morgan fingerprint density at radius 3 is 2.70 bits per heavy atom. The molecule has 2 heterocycles. The van der Waals surface area contributed by atoms with Crippen molar-refractivity contribution in [3.63, 3.8) is 0 Å². The van der Waals surface area contributed by atoms with E-state index in [0.717, 1.165) is 27.9 Å². The molecule has 100 valence electrons. The van der Waals surface area contributed by atoms with Crippen molar-refractivity contribution in [3.8, 4) is 11.3 Å². The Bertz CT molecular complexity index is 868. The summed E-state index contributed by atoms with van der Waals surface area (Å²) >= 11 is 3.32. The third-order valence-electron chi connectivity index (χ3n) is 3.55. The number of fused-ring (bicyclic) bond motifs is 1. The molecule has 2 aromatic heterocycles. The van der Waals surface area contributed by atoms with Crippen molar-refractivity contribution in [2.24, 2.45) is 7.05 Å². The largest absolute Gasteiger partial charge is 0.314 e. The van der Waals surface area contributed by atoms with E-state index in [-0.39, 0.29) is 5.56 Å². The monoisotopic (exact) mass is 328 g/mol. The Hall–Kier alpha value is -1.94. The first-order valence-electron chi connectivity index (χ1n) is 6.30. The number of aromatic nitrogens is 2. The molecule has 0 atom stereocenters. The Morgan fingerprint density at radius 1 is 1.15 bits per heavy atom. The summed E-state index contributed by atoms with van der Waals surface area (Å²) < 4.78 is 2.19. The average Bonchev–Trinajstić information content (AvgIpc) is 2.48. The molecule has 0 fully saturated rings. The van der Waals surface area contributed by atoms with Gasteiger partial charge in [0, 0.05) is 23.7 Å². The van der Waals surface area contributed by atoms with Gasteiger partial charge in [-0.15, -0.1) is 0 Å². The molecular formula is C16H13BrN2O. The van der Waals surface area contributed by atoms with Gasteiger partial charge in [0.2, 0.25) is 0 Å². The minimum atomic E-state index is -0.0351. The summed E-state index contributed by atoms with van der Waals surface area (Å²) in [6.07, 6.45) is 0. The third-order valence-corrected chi connectivity index (χ3v) is 4.12. The van der Waals surface area contributed by atoms with Crippen LogP contribution in [0, 0.1) is 6.92 Å². The molecule has 0 aliphatic rings. The van der Waals surface area contributed by atoms with Crippen molar-refractivity contribution in [1.82, 2.24) is 9.55 Å². The fourth-order valence-corrected chi connectivity index (χ4v) is 2.76. The number of hydrogen-bond donors (Lipinski definition) is 0. The number of para-hydroxylation sites is 1. The Labute approximate surface area is 125 Å². The van der Waals surface area contributed by atoms with Crippen molar-refractivity contribution in [2.45, 2.75) is 6.92 Å². The third kappa shape index (κ3) is 2.06. The van der Waals surface area contributed by atoms with Gasteiger partial charge in [0.05, 0.1) is 15.7 Å². The Kier molecular flexibility index (Phi) is 3.18. The van der Waals surface area contributed by atoms with Crippen molar-refractivity contribution in [1.29, 1.82) is 0 Å². The van der Waals surface area contributed by atoms with E-state index in [1.165, 1.54) is 0 Å². The minimum absolute atomic E-state index is 0.0351. The van der Waals surface area contributed by atoms with Crippen LogP contribution in [0.5, 0.6) is 0 Å². The number of pyridine rings is 2. The molecule has 20 heavy (non-hydrogen) atoms. The van der Waals surface area contributed by atoms with Crippen LogP contribution >= 0.6 is 15.9 Å². The first-order chi connectivity index (χ1) is 9.58. The summed E-state index contributed by atoms with van der Waals surface area (Å²) in [4.78, 5) is 16.6. The molecule has 0 aliphatic carbocycles. The maximum absolute atomic E-state index is 11.9. The van der Waals surface area contributed by atoms with Crippen LogP contribution in [0.1, 0.15) is 5.69 Å². The van der Waals surface area contributed by atoms with E-state index < -0.39 is 0 Å². The maximum Gasteiger partial charge on any atom is 0.264 e. The molecule has 0 spiro atoms. The lowest BCUT2D eigenvalue weighted by Gasteiger charge is -2.11. The van der Waals surface area contributed by atoms with Crippen LogP contribution in [0.15, 0.2) is 51.7 Å². The van der Waals surface area contributed by atoms with Crippen LogP contribution in [0.25, 0.3) is 22.2 Å². The van der Waals surface area contributed by atoms with E-state index in [4.69, 9.17) is 0 Å². The lowest BCUT2D eigenvalue weighted by atomic mass is 10.1. The predicted molar refractivity (Wildman–Crippen MR) is 84.9 cm³/mol. The molecular weight excluding hydrogens is 316 g/mol. The number of rotatable bonds is 1. The van der Waals surface area contributed by atoms with Crippen molar-refractivity contribution >= 4 is 26.8 Å². The predicted octanol–water partition coefficient (Wildman–Crippen LogP) is 3.67. The van der Waals surface area contributed by atoms with E-state index in [9.17, 15) is 4.79 Å². The quantitative estimate of drug-likeness (QED) is 0.683. The first kappa shape index (κ1) is 13.1. The number of halogens is 1. The van der Waals surface area contributed by atoms with E-state index in [1.54, 1.807) is 11.6 Å². The molecule has 0 aliphatic heterocycles. The van der Waals surface area contributed by atoms with Gasteiger partial charge in [0.1, 0.15) is 0 Å². The molecule has 1 aromatic carbocycles. The molecule has 0 saturated carbocycles. The van der Waals surface area contributed by atoms with Gasteiger partial charge in [-0.3, -0.25) is 4.79 Å². The van der Waals surface area contributed by atoms with Crippen LogP contribution in [-0.2, 0) is 7.05 Å². The van der Waals surface area contributed by atoms with Crippen LogP contribution in [0.2, 0.25) is 0 Å². The number of benzene rings is 1. The van der Waals surface area contributed by atoms with Gasteiger partial charge in [0.15, 0.2) is 0 Å². The topological polar surface area (TPSA) is 34.9 Å². The highest BCUT2D eigenvalue weighted by Crippen LogP contribution is 2.25. The smallest absolute Gasteiger partial charge is 0.264 e. The Morgan fingerprint density at radius 2 is 1.90 bits per heavy atom. The van der Waals surface area contributed by atoms with E-state index in [2.05, 4.69) is 27.0 Å². The van der Waals surface area contributed by atoms with Crippen molar-refractivity contribution in [3.05, 3.63) is 63.0 Å². The highest BCUT2D eigenvalue weighted by molar-refractivity contribution is 9.10. The number of hydrogen-bond acceptors (Lipinski definition) is 2. The summed E-state index contributed by atoms with van der Waals surface area (Å²) in [5, 5.41) is 1.11. The Balaban J connectivity index is 2.28. The zero-order valence-corrected chi connectivity index (χ0v) is 12.8. The van der Waals surface area contributed by atoms with Crippen LogP contribution in [0.4, 0.5) is 0 Å². The van der Waals surface area contributed by atoms with Crippen LogP contribution < -0.4 is 5.56 Å². The fraction of sp³-hybridized carbons (Fsp3) is 0.125. The first-order valence-corrected chi connectivity index (χ1v) is 7.09. The summed E-state index contributed by atoms with van der Waals surface area (Å²) in [5.74, 6) is 0. The summed E-state index contributed by atoms with van der Waals surface area (Å²) in [5.41, 5.74) is 3.66. The molecule has 3 aromatic rings. The van der Waals surface area contributed by atoms with Crippen LogP contribution in [0.3, 0.4) is 0 Å². The van der Waals surface area contributed by atoms with Gasteiger partial charge in [-0.05, 0) is 41.1 Å². The van der Waals surface area contributed by atoms with Gasteiger partial charge in [-0.25, -0.2) is 4.98 Å². The molecule has 0 N–H and O–H groups in total. The van der Waals surface area contributed by atoms with Gasteiger partial charge >= 0.3 is 0 Å². The molecule has 0 saturated heterocycles. The zero-order valence-electron chi connectivity index (χ0n) is 11.2. The van der Waals surface area contributed by atoms with Crippen molar-refractivity contribution in [2.75, 3.05) is 0 Å². The van der Waals surface area contributed by atoms with E-state index in [0.29, 0.717) is 4.47 Å². The summed E-state index contributed by atoms with van der Waals surface area (Å²) in [6.45, 7) is 1.93. The molecule has 3 rings (SSSR count). The second kappa shape index (κ2) is 4.87. The molecule has 0 unspecified atom stereocenters. The van der Waals surface area contributed by atoms with Gasteiger partial charge in [-0.2, -0.15) is 0 Å². The zero-order chi connectivity index (χ0) is 14.3. The average molecular weight is 329 g/mol. The molecule has 0 radical (unpaired) electrons. The lowest BCUT2D eigenvalue weighted by Crippen LogP contribution is -2.20. The maximum atomic E-state index is 11.9. The normalized spacial score (nSPS) is 10.9. The lowest BCUT2D eigenvalue weighted by molar-refractivity contribution is 0.814. The van der Waals surface area contributed by atoms with Crippen molar-refractivity contribution < 1.29 is 0 Å². The van der Waals surface area contributed by atoms with Gasteiger partial charge in [0.25, 0.3) is 5.56 Å². The standard InChI is InChI=1S/C16H13BrN2O/c1-10-12(9-13(17)16(20)19(10)2)15-8-7-11-5-3-4-6-14(11)18-15/h3-9H,1-2H3. The molecule has 0 amide bonds. The van der Waals surface area contributed by atoms with Gasteiger partial charge < -0.3 is 4.57 Å². The summed E-state index contributed by atoms with van der Waals surface area (Å²) in [7, 11) is 1.77. The fourth-order valence-electron chi connectivity index (χ4n) is 2.26.